The van der Waals surface area contributed by atoms with Crippen LogP contribution in [0, 0.1) is 20.8 Å². The van der Waals surface area contributed by atoms with Crippen molar-refractivity contribution in [1.82, 2.24) is 0 Å². The van der Waals surface area contributed by atoms with Crippen molar-refractivity contribution in [3.05, 3.63) is 87.5 Å². The molecule has 0 aromatic heterocycles. The normalized spacial score (nSPS) is 28.3. The number of ketones is 2. The number of cyclic esters (lactones) is 2. The minimum Gasteiger partial charge on any atom is -0.507 e. The van der Waals surface area contributed by atoms with Gasteiger partial charge >= 0.3 is 11.9 Å². The van der Waals surface area contributed by atoms with E-state index < -0.39 is 42.0 Å². The van der Waals surface area contributed by atoms with Gasteiger partial charge in [0.15, 0.2) is 17.4 Å². The fourth-order valence-electron chi connectivity index (χ4n) is 6.97. The summed E-state index contributed by atoms with van der Waals surface area (Å²) in [6.07, 6.45) is 5.61. The van der Waals surface area contributed by atoms with E-state index in [0.29, 0.717) is 36.8 Å². The Bertz CT molecular complexity index is 1720. The molecule has 3 aliphatic heterocycles. The maximum atomic E-state index is 12.8. The first kappa shape index (κ1) is 41.6. The van der Waals surface area contributed by atoms with Gasteiger partial charge in [-0.05, 0) is 127 Å². The molecule has 0 spiro atoms. The average Bonchev–Trinajstić information content (AvgIpc) is 3.37. The van der Waals surface area contributed by atoms with Gasteiger partial charge in [0.2, 0.25) is 0 Å². The molecule has 3 N–H and O–H groups in total. The molecule has 0 saturated carbocycles. The number of ether oxygens (including phenoxy) is 4. The second kappa shape index (κ2) is 18.2. The monoisotopic (exact) mass is 734 g/mol. The van der Waals surface area contributed by atoms with Crippen molar-refractivity contribution >= 4 is 23.5 Å². The van der Waals surface area contributed by atoms with Gasteiger partial charge in [-0.2, -0.15) is 0 Å². The number of phenols is 1. The third-order valence-corrected chi connectivity index (χ3v) is 9.43. The van der Waals surface area contributed by atoms with Gasteiger partial charge in [0, 0.05) is 12.8 Å². The number of carbonyl (C=O) groups is 4. The molecule has 11 heteroatoms. The van der Waals surface area contributed by atoms with Gasteiger partial charge in [0.25, 0.3) is 0 Å². The Morgan fingerprint density at radius 3 is 1.85 bits per heavy atom. The zero-order valence-corrected chi connectivity index (χ0v) is 31.8. The Labute approximate surface area is 312 Å². The van der Waals surface area contributed by atoms with E-state index in [-0.39, 0.29) is 48.1 Å². The summed E-state index contributed by atoms with van der Waals surface area (Å²) in [5.41, 5.74) is 5.26. The molecule has 2 aromatic rings. The summed E-state index contributed by atoms with van der Waals surface area (Å²) in [5.74, 6) is -2.49. The molecule has 5 rings (SSSR count). The van der Waals surface area contributed by atoms with E-state index in [1.807, 2.05) is 40.7 Å². The van der Waals surface area contributed by atoms with Crippen LogP contribution >= 0.6 is 0 Å². The van der Waals surface area contributed by atoms with E-state index in [2.05, 4.69) is 6.07 Å². The number of aliphatic hydroxyl groups is 2. The minimum absolute atomic E-state index is 0.0988. The highest BCUT2D eigenvalue weighted by molar-refractivity contribution is 5.95. The summed E-state index contributed by atoms with van der Waals surface area (Å²) in [7, 11) is 0. The molecule has 0 unspecified atom stereocenters. The van der Waals surface area contributed by atoms with Crippen molar-refractivity contribution in [3.8, 4) is 5.75 Å². The lowest BCUT2D eigenvalue weighted by Gasteiger charge is -2.19. The molecule has 0 radical (unpaired) electrons. The molecular formula is C42H54O11. The molecule has 3 aliphatic rings. The lowest BCUT2D eigenvalue weighted by Crippen LogP contribution is -2.33. The Morgan fingerprint density at radius 1 is 0.698 bits per heavy atom. The number of phenolic OH excluding ortho intramolecular Hbond substituents is 1. The minimum atomic E-state index is -1.47. The van der Waals surface area contributed by atoms with Crippen LogP contribution in [0.5, 0.6) is 5.75 Å². The third-order valence-electron chi connectivity index (χ3n) is 9.43. The van der Waals surface area contributed by atoms with Crippen LogP contribution in [0.1, 0.15) is 115 Å². The van der Waals surface area contributed by atoms with Crippen LogP contribution in [-0.4, -0.2) is 81.2 Å². The summed E-state index contributed by atoms with van der Waals surface area (Å²) in [6, 6.07) is 7.36. The van der Waals surface area contributed by atoms with Crippen LogP contribution in [0.4, 0.5) is 0 Å². The van der Waals surface area contributed by atoms with Gasteiger partial charge in [-0.1, -0.05) is 35.9 Å². The predicted octanol–water partition coefficient (Wildman–Crippen LogP) is 6.04. The number of aliphatic hydroxyl groups excluding tert-OH is 2. The van der Waals surface area contributed by atoms with Crippen molar-refractivity contribution in [2.75, 3.05) is 0 Å². The number of hydrogen-bond acceptors (Lipinski definition) is 11. The van der Waals surface area contributed by atoms with E-state index in [0.717, 1.165) is 35.1 Å². The molecule has 53 heavy (non-hydrogen) atoms. The number of aryl methyl sites for hydroxylation is 5. The van der Waals surface area contributed by atoms with Crippen LogP contribution in [0.3, 0.4) is 0 Å². The number of fused-ring (bicyclic) bond motifs is 3. The highest BCUT2D eigenvalue weighted by atomic mass is 16.8. The summed E-state index contributed by atoms with van der Waals surface area (Å²) >= 11 is 0. The first-order valence-electron chi connectivity index (χ1n) is 18.4. The molecule has 288 valence electrons. The zero-order valence-electron chi connectivity index (χ0n) is 31.8. The van der Waals surface area contributed by atoms with E-state index in [4.69, 9.17) is 18.9 Å². The van der Waals surface area contributed by atoms with Gasteiger partial charge in [-0.15, -0.1) is 0 Å². The molecule has 1 saturated heterocycles. The van der Waals surface area contributed by atoms with Gasteiger partial charge in [0.1, 0.15) is 35.7 Å². The number of esters is 2. The number of hydrogen-bond donors (Lipinski definition) is 3. The topological polar surface area (TPSA) is 166 Å². The smallest absolute Gasteiger partial charge is 0.342 e. The maximum absolute atomic E-state index is 12.8. The Balaban J connectivity index is 0.000000238. The largest absolute Gasteiger partial charge is 0.507 e. The molecule has 0 aliphatic carbocycles. The summed E-state index contributed by atoms with van der Waals surface area (Å²) in [6.45, 7) is 13.0. The van der Waals surface area contributed by atoms with Crippen LogP contribution < -0.4 is 0 Å². The van der Waals surface area contributed by atoms with Gasteiger partial charge in [0.05, 0.1) is 17.8 Å². The van der Waals surface area contributed by atoms with Crippen molar-refractivity contribution in [3.63, 3.8) is 0 Å². The van der Waals surface area contributed by atoms with E-state index in [9.17, 15) is 34.5 Å². The third kappa shape index (κ3) is 11.4. The molecule has 2 aromatic carbocycles. The molecule has 0 bridgehead atoms. The first-order chi connectivity index (χ1) is 25.0. The Morgan fingerprint density at radius 2 is 1.23 bits per heavy atom. The van der Waals surface area contributed by atoms with E-state index in [1.165, 1.54) is 24.3 Å². The lowest BCUT2D eigenvalue weighted by atomic mass is 9.93. The van der Waals surface area contributed by atoms with Crippen LogP contribution in [0.2, 0.25) is 0 Å². The van der Waals surface area contributed by atoms with Crippen LogP contribution in [0.25, 0.3) is 0 Å². The van der Waals surface area contributed by atoms with E-state index in [1.54, 1.807) is 26.0 Å². The van der Waals surface area contributed by atoms with Crippen molar-refractivity contribution < 1.29 is 53.4 Å². The van der Waals surface area contributed by atoms with Gasteiger partial charge < -0.3 is 34.3 Å². The second-order valence-corrected chi connectivity index (χ2v) is 14.8. The number of carbonyl (C=O) groups excluding carboxylic acids is 4. The molecule has 11 nitrogen and oxygen atoms in total. The molecule has 6 atom stereocenters. The predicted molar refractivity (Wildman–Crippen MR) is 198 cm³/mol. The standard InChI is InChI=1S/C23H30O5.C19H24O6/c1-14-12-15(2)20-17(13-14)9-7-11-19-21(28-23(4,5)27-19)18(24)10-6-8-16(3)26-22(20)25;1-11-9-13-6-4-8-15(21)18(23)14(20)7-3-5-12(2)25-19(24)17(13)16(22)10-11/h6,10,12-13,16,19,21H,7-9,11H2,1-5H3;3,7,9-10,12,15,18,21-23H,4-6,8H2,1-2H3/b10-6-;7-3-/t16-,19-,21+;12-,15-,18+/m00/s1. The molecule has 3 heterocycles. The fraction of sp³-hybridized carbons (Fsp3) is 0.524. The maximum Gasteiger partial charge on any atom is 0.342 e. The van der Waals surface area contributed by atoms with Crippen LogP contribution in [0.15, 0.2) is 48.6 Å². The number of benzene rings is 2. The highest BCUT2D eigenvalue weighted by Gasteiger charge is 2.44. The first-order valence-corrected chi connectivity index (χ1v) is 18.4. The summed E-state index contributed by atoms with van der Waals surface area (Å²) < 4.78 is 22.9. The van der Waals surface area contributed by atoms with E-state index >= 15 is 0 Å². The molecular weight excluding hydrogens is 680 g/mol. The van der Waals surface area contributed by atoms with Crippen molar-refractivity contribution in [2.24, 2.45) is 0 Å². The zero-order chi connectivity index (χ0) is 39.0. The molecule has 1 fully saturated rings. The quantitative estimate of drug-likeness (QED) is 0.270. The lowest BCUT2D eigenvalue weighted by molar-refractivity contribution is -0.153. The average molecular weight is 735 g/mol. The molecule has 0 amide bonds. The van der Waals surface area contributed by atoms with Crippen molar-refractivity contribution in [2.45, 2.75) is 142 Å². The van der Waals surface area contributed by atoms with Crippen LogP contribution in [-0.2, 0) is 41.4 Å². The number of rotatable bonds is 0. The second-order valence-electron chi connectivity index (χ2n) is 14.8. The number of aromatic hydroxyl groups is 1. The Kier molecular flexibility index (Phi) is 14.3. The summed E-state index contributed by atoms with van der Waals surface area (Å²) in [5, 5.41) is 30.0. The van der Waals surface area contributed by atoms with Crippen molar-refractivity contribution in [1.29, 1.82) is 0 Å². The van der Waals surface area contributed by atoms with Gasteiger partial charge in [-0.3, -0.25) is 9.59 Å². The SMILES string of the molecule is Cc1cc(C)c2c(c1)CCC[C@@H]1OC(C)(C)O[C@@H]1C(=O)/C=C\C[C@H](C)OC2=O.Cc1cc(O)c2c(c1)CCC[C@H](O)[C@H](O)C(=O)/C=C\C[C@H](C)OC2=O. The summed E-state index contributed by atoms with van der Waals surface area (Å²) in [4.78, 5) is 49.7. The van der Waals surface area contributed by atoms with Gasteiger partial charge in [-0.25, -0.2) is 9.59 Å². The Hall–Kier alpha value is -4.16. The fourth-order valence-corrected chi connectivity index (χ4v) is 6.97. The highest BCUT2D eigenvalue weighted by Crippen LogP contribution is 2.33.